The van der Waals surface area contributed by atoms with Crippen LogP contribution < -0.4 is 5.48 Å². The normalized spacial score (nSPS) is 14.2. The molecule has 10 nitrogen and oxygen atoms in total. The van der Waals surface area contributed by atoms with Gasteiger partial charge in [-0.2, -0.15) is 0 Å². The van der Waals surface area contributed by atoms with Crippen LogP contribution in [0.25, 0.3) is 17.0 Å². The molecule has 166 valence electrons. The van der Waals surface area contributed by atoms with Crippen LogP contribution in [-0.2, 0) is 10.2 Å². The van der Waals surface area contributed by atoms with Gasteiger partial charge in [0, 0.05) is 17.8 Å². The van der Waals surface area contributed by atoms with Gasteiger partial charge in [0.05, 0.1) is 29.6 Å². The number of hydroxylamine groups is 1. The molecule has 1 aromatic carbocycles. The highest BCUT2D eigenvalue weighted by molar-refractivity contribution is 5.93. The second-order valence-corrected chi connectivity index (χ2v) is 7.91. The number of benzene rings is 1. The van der Waals surface area contributed by atoms with Gasteiger partial charge in [0.15, 0.2) is 5.69 Å². The maximum atomic E-state index is 11.8. The van der Waals surface area contributed by atoms with Crippen molar-refractivity contribution < 1.29 is 19.5 Å². The molecule has 3 aromatic heterocycles. The van der Waals surface area contributed by atoms with Gasteiger partial charge in [-0.1, -0.05) is 12.1 Å². The zero-order chi connectivity index (χ0) is 23.2. The van der Waals surface area contributed by atoms with Gasteiger partial charge in [-0.05, 0) is 43.5 Å². The van der Waals surface area contributed by atoms with Crippen LogP contribution in [0, 0.1) is 6.92 Å². The summed E-state index contributed by atoms with van der Waals surface area (Å²) in [5, 5.41) is 8.83. The van der Waals surface area contributed by atoms with E-state index in [0.29, 0.717) is 22.7 Å². The van der Waals surface area contributed by atoms with Gasteiger partial charge in [-0.3, -0.25) is 14.4 Å². The van der Waals surface area contributed by atoms with Crippen molar-refractivity contribution in [2.75, 3.05) is 7.11 Å². The van der Waals surface area contributed by atoms with Crippen LogP contribution in [0.3, 0.4) is 0 Å². The predicted octanol–water partition coefficient (Wildman–Crippen LogP) is 2.48. The van der Waals surface area contributed by atoms with Gasteiger partial charge in [0.2, 0.25) is 0 Å². The molecule has 1 aliphatic carbocycles. The quantitative estimate of drug-likeness (QED) is 0.273. The molecule has 10 heteroatoms. The molecule has 3 heterocycles. The van der Waals surface area contributed by atoms with Crippen molar-refractivity contribution in [2.24, 2.45) is 0 Å². The van der Waals surface area contributed by atoms with E-state index in [-0.39, 0.29) is 11.1 Å². The number of hydrogen-bond acceptors (Lipinski definition) is 8. The van der Waals surface area contributed by atoms with Gasteiger partial charge in [0.25, 0.3) is 5.91 Å². The molecule has 0 aliphatic heterocycles. The highest BCUT2D eigenvalue weighted by Gasteiger charge is 2.48. The molecule has 1 fully saturated rings. The van der Waals surface area contributed by atoms with Crippen LogP contribution in [-0.4, -0.2) is 48.5 Å². The summed E-state index contributed by atoms with van der Waals surface area (Å²) in [6.07, 6.45) is 5.03. The lowest BCUT2D eigenvalue weighted by atomic mass is 9.93. The zero-order valence-corrected chi connectivity index (χ0v) is 17.9. The van der Waals surface area contributed by atoms with E-state index in [4.69, 9.17) is 14.9 Å². The molecule has 0 radical (unpaired) electrons. The van der Waals surface area contributed by atoms with Gasteiger partial charge in [-0.25, -0.2) is 30.2 Å². The Bertz CT molecular complexity index is 1390. The molecule has 1 aliphatic rings. The van der Waals surface area contributed by atoms with Crippen LogP contribution in [0.4, 0.5) is 0 Å². The number of aromatic nitrogens is 5. The minimum atomic E-state index is -0.559. The summed E-state index contributed by atoms with van der Waals surface area (Å²) in [5.41, 5.74) is 5.64. The Kier molecular flexibility index (Phi) is 4.86. The van der Waals surface area contributed by atoms with E-state index in [1.807, 2.05) is 25.1 Å². The first kappa shape index (κ1) is 20.7. The SMILES string of the molecule is COC(=O)c1cc2nc(C)c(-c3ccnc(C4(c5ccc(C(=O)NO)cc5)CC4)n3)n2cn1. The Morgan fingerprint density at radius 2 is 1.88 bits per heavy atom. The van der Waals surface area contributed by atoms with Crippen molar-refractivity contribution in [2.45, 2.75) is 25.2 Å². The number of nitrogens with one attached hydrogen (secondary N) is 1. The maximum Gasteiger partial charge on any atom is 0.356 e. The molecule has 0 unspecified atom stereocenters. The number of carbonyl (C=O) groups is 2. The minimum Gasteiger partial charge on any atom is -0.464 e. The predicted molar refractivity (Wildman–Crippen MR) is 116 cm³/mol. The highest BCUT2D eigenvalue weighted by Crippen LogP contribution is 2.52. The van der Waals surface area contributed by atoms with Gasteiger partial charge in [0.1, 0.15) is 17.8 Å². The molecule has 0 bridgehead atoms. The summed E-state index contributed by atoms with van der Waals surface area (Å²) in [7, 11) is 1.31. The number of esters is 1. The van der Waals surface area contributed by atoms with Gasteiger partial charge in [-0.15, -0.1) is 0 Å². The average Bonchev–Trinajstić information content (AvgIpc) is 3.60. The number of rotatable bonds is 5. The summed E-state index contributed by atoms with van der Waals surface area (Å²) in [6.45, 7) is 1.87. The topological polar surface area (TPSA) is 132 Å². The molecule has 1 amide bonds. The Hall–Kier alpha value is -4.18. The lowest BCUT2D eigenvalue weighted by Gasteiger charge is -2.15. The van der Waals surface area contributed by atoms with Crippen molar-refractivity contribution in [1.82, 2.24) is 29.8 Å². The number of carbonyl (C=O) groups excluding carboxylic acids is 2. The third-order valence-electron chi connectivity index (χ3n) is 5.96. The third-order valence-corrected chi connectivity index (χ3v) is 5.96. The van der Waals surface area contributed by atoms with Crippen molar-refractivity contribution >= 4 is 17.5 Å². The third kappa shape index (κ3) is 3.40. The van der Waals surface area contributed by atoms with Crippen molar-refractivity contribution in [3.05, 3.63) is 77.3 Å². The Morgan fingerprint density at radius 1 is 1.12 bits per heavy atom. The molecule has 2 N–H and O–H groups in total. The fraction of sp³-hybridized carbons (Fsp3) is 0.217. The van der Waals surface area contributed by atoms with E-state index >= 15 is 0 Å². The van der Waals surface area contributed by atoms with Crippen LogP contribution in [0.5, 0.6) is 0 Å². The lowest BCUT2D eigenvalue weighted by molar-refractivity contribution is 0.0593. The van der Waals surface area contributed by atoms with Crippen LogP contribution in [0.1, 0.15) is 50.8 Å². The van der Waals surface area contributed by atoms with E-state index in [1.165, 1.54) is 13.4 Å². The number of ether oxygens (including phenoxy) is 1. The number of fused-ring (bicyclic) bond motifs is 1. The molecular formula is C23H20N6O4. The number of methoxy groups -OCH3 is 1. The fourth-order valence-electron chi connectivity index (χ4n) is 4.08. The van der Waals surface area contributed by atoms with Crippen molar-refractivity contribution in [3.8, 4) is 11.4 Å². The van der Waals surface area contributed by atoms with Gasteiger partial charge >= 0.3 is 5.97 Å². The van der Waals surface area contributed by atoms with Crippen molar-refractivity contribution in [1.29, 1.82) is 0 Å². The molecule has 5 rings (SSSR count). The van der Waals surface area contributed by atoms with E-state index in [9.17, 15) is 9.59 Å². The first-order valence-corrected chi connectivity index (χ1v) is 10.3. The van der Waals surface area contributed by atoms with E-state index in [1.54, 1.807) is 34.3 Å². The largest absolute Gasteiger partial charge is 0.464 e. The monoisotopic (exact) mass is 444 g/mol. The molecule has 0 atom stereocenters. The zero-order valence-electron chi connectivity index (χ0n) is 17.9. The molecule has 0 saturated heterocycles. The van der Waals surface area contributed by atoms with E-state index in [2.05, 4.69) is 15.0 Å². The lowest BCUT2D eigenvalue weighted by Crippen LogP contribution is -2.19. The Balaban J connectivity index is 1.54. The number of amides is 1. The number of nitrogens with zero attached hydrogens (tertiary/aromatic N) is 5. The van der Waals surface area contributed by atoms with Crippen molar-refractivity contribution in [3.63, 3.8) is 0 Å². The standard InChI is InChI=1S/C23H20N6O4/c1-13-19(29-12-25-17(21(31)33-2)11-18(29)26-13)16-7-10-24-22(27-16)23(8-9-23)15-5-3-14(4-6-15)20(30)28-32/h3-7,10-12,32H,8-9H2,1-2H3,(H,28,30). The highest BCUT2D eigenvalue weighted by atomic mass is 16.5. The summed E-state index contributed by atoms with van der Waals surface area (Å²) >= 11 is 0. The molecule has 1 saturated carbocycles. The minimum absolute atomic E-state index is 0.181. The molecule has 33 heavy (non-hydrogen) atoms. The first-order valence-electron chi connectivity index (χ1n) is 10.3. The van der Waals surface area contributed by atoms with Gasteiger partial charge < -0.3 is 4.74 Å². The second kappa shape index (κ2) is 7.75. The van der Waals surface area contributed by atoms with E-state index < -0.39 is 11.9 Å². The number of aryl methyl sites for hydroxylation is 1. The van der Waals surface area contributed by atoms with E-state index in [0.717, 1.165) is 29.8 Å². The number of hydrogen-bond donors (Lipinski definition) is 2. The average molecular weight is 444 g/mol. The fourth-order valence-corrected chi connectivity index (χ4v) is 4.08. The first-order chi connectivity index (χ1) is 16.0. The smallest absolute Gasteiger partial charge is 0.356 e. The Morgan fingerprint density at radius 3 is 2.55 bits per heavy atom. The molecule has 0 spiro atoms. The second-order valence-electron chi connectivity index (χ2n) is 7.91. The maximum absolute atomic E-state index is 11.8. The van der Waals surface area contributed by atoms with Crippen LogP contribution >= 0.6 is 0 Å². The van der Waals surface area contributed by atoms with Crippen LogP contribution in [0.15, 0.2) is 48.9 Å². The van der Waals surface area contributed by atoms with Crippen LogP contribution in [0.2, 0.25) is 0 Å². The number of imidazole rings is 1. The Labute approximate surface area is 188 Å². The summed E-state index contributed by atoms with van der Waals surface area (Å²) in [6, 6.07) is 10.5. The molecule has 4 aromatic rings. The summed E-state index contributed by atoms with van der Waals surface area (Å²) in [4.78, 5) is 41.6. The summed E-state index contributed by atoms with van der Waals surface area (Å²) in [5.74, 6) is -0.397. The summed E-state index contributed by atoms with van der Waals surface area (Å²) < 4.78 is 6.53. The molecular weight excluding hydrogens is 424 g/mol.